The third-order valence-electron chi connectivity index (χ3n) is 4.72. The number of nitrogens with one attached hydrogen (secondary N) is 1. The molecule has 0 radical (unpaired) electrons. The minimum atomic E-state index is -0.582. The number of ether oxygens (including phenoxy) is 2. The summed E-state index contributed by atoms with van der Waals surface area (Å²) in [6.07, 6.45) is 1.36. The maximum atomic E-state index is 12.9. The van der Waals surface area contributed by atoms with E-state index in [1.165, 1.54) is 10.9 Å². The first-order valence-corrected chi connectivity index (χ1v) is 10.3. The zero-order valence-corrected chi connectivity index (χ0v) is 17.7. The molecule has 8 nitrogen and oxygen atoms in total. The molecule has 0 aliphatic carbocycles. The molecule has 32 heavy (non-hydrogen) atoms. The van der Waals surface area contributed by atoms with Crippen LogP contribution in [0.5, 0.6) is 5.75 Å². The quantitative estimate of drug-likeness (QED) is 0.441. The van der Waals surface area contributed by atoms with Crippen LogP contribution in [0.3, 0.4) is 0 Å². The number of esters is 1. The molecule has 0 atom stereocenters. The van der Waals surface area contributed by atoms with Crippen molar-refractivity contribution >= 4 is 28.6 Å². The van der Waals surface area contributed by atoms with Gasteiger partial charge in [-0.1, -0.05) is 18.2 Å². The Kier molecular flexibility index (Phi) is 6.12. The van der Waals surface area contributed by atoms with Crippen molar-refractivity contribution in [3.05, 3.63) is 78.0 Å². The second-order valence-electron chi connectivity index (χ2n) is 6.81. The van der Waals surface area contributed by atoms with Gasteiger partial charge in [0.05, 0.1) is 24.9 Å². The minimum absolute atomic E-state index is 0.140. The molecule has 0 fully saturated rings. The van der Waals surface area contributed by atoms with Gasteiger partial charge in [-0.3, -0.25) is 4.79 Å². The first-order valence-electron chi connectivity index (χ1n) is 10.3. The first kappa shape index (κ1) is 21.0. The number of aromatic nitrogens is 3. The van der Waals surface area contributed by atoms with Gasteiger partial charge in [0.2, 0.25) is 0 Å². The van der Waals surface area contributed by atoms with E-state index in [9.17, 15) is 9.59 Å². The van der Waals surface area contributed by atoms with Crippen LogP contribution in [0, 0.1) is 0 Å². The van der Waals surface area contributed by atoms with Crippen molar-refractivity contribution in [3.63, 3.8) is 0 Å². The Balaban J connectivity index is 1.71. The number of anilines is 1. The lowest BCUT2D eigenvalue weighted by atomic mass is 10.2. The number of carbonyl (C=O) groups is 2. The van der Waals surface area contributed by atoms with E-state index in [1.807, 2.05) is 37.3 Å². The zero-order valence-electron chi connectivity index (χ0n) is 17.7. The molecule has 2 heterocycles. The van der Waals surface area contributed by atoms with Crippen molar-refractivity contribution in [3.8, 4) is 11.6 Å². The van der Waals surface area contributed by atoms with Crippen LogP contribution in [0.2, 0.25) is 0 Å². The Hall–Kier alpha value is -4.20. The van der Waals surface area contributed by atoms with E-state index in [1.54, 1.807) is 37.3 Å². The molecule has 0 saturated carbocycles. The molecule has 0 aliphatic rings. The van der Waals surface area contributed by atoms with Crippen LogP contribution in [0.15, 0.2) is 66.9 Å². The smallest absolute Gasteiger partial charge is 0.343 e. The number of para-hydroxylation sites is 1. The van der Waals surface area contributed by atoms with Gasteiger partial charge < -0.3 is 14.8 Å². The Bertz CT molecular complexity index is 1260. The topological polar surface area (TPSA) is 95.3 Å². The van der Waals surface area contributed by atoms with Gasteiger partial charge in [0.15, 0.2) is 11.6 Å². The summed E-state index contributed by atoms with van der Waals surface area (Å²) in [5.41, 5.74) is 1.31. The second kappa shape index (κ2) is 9.30. The van der Waals surface area contributed by atoms with E-state index in [0.717, 1.165) is 10.9 Å². The van der Waals surface area contributed by atoms with Crippen LogP contribution < -0.4 is 10.1 Å². The Morgan fingerprint density at radius 2 is 1.75 bits per heavy atom. The summed E-state index contributed by atoms with van der Waals surface area (Å²) in [7, 11) is 0. The van der Waals surface area contributed by atoms with Crippen molar-refractivity contribution in [2.45, 2.75) is 13.8 Å². The lowest BCUT2D eigenvalue weighted by molar-refractivity contribution is 0.0527. The van der Waals surface area contributed by atoms with Gasteiger partial charge >= 0.3 is 5.97 Å². The van der Waals surface area contributed by atoms with E-state index >= 15 is 0 Å². The number of amides is 1. The maximum absolute atomic E-state index is 12.9. The number of hydrogen-bond donors (Lipinski definition) is 1. The molecule has 4 aromatic rings. The summed E-state index contributed by atoms with van der Waals surface area (Å²) in [5, 5.41) is 8.06. The number of nitrogens with zero attached hydrogens (tertiary/aromatic N) is 3. The molecule has 2 aromatic carbocycles. The standard InChI is InChI=1S/C24H22N4O4/c1-3-31-18-12-9-17(10-13-18)23(29)27-22-19(24(30)32-4-2)15-25-28(22)21-14-11-16-7-5-6-8-20(16)26-21/h5-15H,3-4H2,1-2H3,(H,27,29). The van der Waals surface area contributed by atoms with E-state index in [-0.39, 0.29) is 18.0 Å². The predicted molar refractivity (Wildman–Crippen MR) is 120 cm³/mol. The molecule has 0 bridgehead atoms. The van der Waals surface area contributed by atoms with Crippen LogP contribution in [-0.4, -0.2) is 39.9 Å². The third kappa shape index (κ3) is 4.29. The molecular formula is C24H22N4O4. The highest BCUT2D eigenvalue weighted by Crippen LogP contribution is 2.23. The summed E-state index contributed by atoms with van der Waals surface area (Å²) in [4.78, 5) is 30.1. The molecule has 162 valence electrons. The molecule has 0 unspecified atom stereocenters. The fraction of sp³-hybridized carbons (Fsp3) is 0.167. The fourth-order valence-corrected chi connectivity index (χ4v) is 3.22. The van der Waals surface area contributed by atoms with Crippen LogP contribution in [0.25, 0.3) is 16.7 Å². The monoisotopic (exact) mass is 430 g/mol. The normalized spacial score (nSPS) is 10.7. The fourth-order valence-electron chi connectivity index (χ4n) is 3.22. The van der Waals surface area contributed by atoms with Crippen molar-refractivity contribution in [1.29, 1.82) is 0 Å². The summed E-state index contributed by atoms with van der Waals surface area (Å²) in [6, 6.07) is 18.1. The Morgan fingerprint density at radius 3 is 2.50 bits per heavy atom. The zero-order chi connectivity index (χ0) is 22.5. The van der Waals surface area contributed by atoms with Gasteiger partial charge in [-0.2, -0.15) is 9.78 Å². The molecule has 0 aliphatic heterocycles. The van der Waals surface area contributed by atoms with Crippen LogP contribution in [0.1, 0.15) is 34.6 Å². The number of hydrogen-bond acceptors (Lipinski definition) is 6. The maximum Gasteiger partial charge on any atom is 0.343 e. The average Bonchev–Trinajstić information content (AvgIpc) is 3.23. The number of rotatable bonds is 7. The van der Waals surface area contributed by atoms with E-state index in [4.69, 9.17) is 9.47 Å². The first-order chi connectivity index (χ1) is 15.6. The van der Waals surface area contributed by atoms with Gasteiger partial charge in [-0.25, -0.2) is 9.78 Å². The second-order valence-corrected chi connectivity index (χ2v) is 6.81. The number of pyridine rings is 1. The third-order valence-corrected chi connectivity index (χ3v) is 4.72. The minimum Gasteiger partial charge on any atom is -0.494 e. The molecule has 1 N–H and O–H groups in total. The molecule has 1 amide bonds. The van der Waals surface area contributed by atoms with Gasteiger partial charge in [0, 0.05) is 10.9 Å². The number of carbonyl (C=O) groups excluding carboxylic acids is 2. The van der Waals surface area contributed by atoms with Crippen molar-refractivity contribution < 1.29 is 19.1 Å². The summed E-state index contributed by atoms with van der Waals surface area (Å²) < 4.78 is 12.0. The lowest BCUT2D eigenvalue weighted by Crippen LogP contribution is -2.18. The molecule has 8 heteroatoms. The number of benzene rings is 2. The van der Waals surface area contributed by atoms with Crippen molar-refractivity contribution in [1.82, 2.24) is 14.8 Å². The van der Waals surface area contributed by atoms with Crippen LogP contribution >= 0.6 is 0 Å². The average molecular weight is 430 g/mol. The van der Waals surface area contributed by atoms with Crippen molar-refractivity contribution in [2.24, 2.45) is 0 Å². The van der Waals surface area contributed by atoms with Crippen molar-refractivity contribution in [2.75, 3.05) is 18.5 Å². The van der Waals surface area contributed by atoms with E-state index in [0.29, 0.717) is 23.7 Å². The summed E-state index contributed by atoms with van der Waals surface area (Å²) >= 11 is 0. The highest BCUT2D eigenvalue weighted by molar-refractivity contribution is 6.07. The largest absolute Gasteiger partial charge is 0.494 e. The Labute approximate surface area is 184 Å². The highest BCUT2D eigenvalue weighted by atomic mass is 16.5. The molecule has 4 rings (SSSR count). The highest BCUT2D eigenvalue weighted by Gasteiger charge is 2.22. The molecular weight excluding hydrogens is 408 g/mol. The Morgan fingerprint density at radius 1 is 0.969 bits per heavy atom. The molecule has 2 aromatic heterocycles. The molecule has 0 saturated heterocycles. The lowest BCUT2D eigenvalue weighted by Gasteiger charge is -2.11. The van der Waals surface area contributed by atoms with Gasteiger partial charge in [0.1, 0.15) is 11.3 Å². The van der Waals surface area contributed by atoms with Gasteiger partial charge in [0.25, 0.3) is 5.91 Å². The van der Waals surface area contributed by atoms with Gasteiger partial charge in [-0.15, -0.1) is 0 Å². The van der Waals surface area contributed by atoms with Crippen LogP contribution in [0.4, 0.5) is 5.82 Å². The summed E-state index contributed by atoms with van der Waals surface area (Å²) in [6.45, 7) is 4.34. The summed E-state index contributed by atoms with van der Waals surface area (Å²) in [5.74, 6) is 0.329. The predicted octanol–water partition coefficient (Wildman–Crippen LogP) is 4.25. The van der Waals surface area contributed by atoms with E-state index in [2.05, 4.69) is 15.4 Å². The van der Waals surface area contributed by atoms with E-state index < -0.39 is 11.9 Å². The number of fused-ring (bicyclic) bond motifs is 1. The molecule has 0 spiro atoms. The van der Waals surface area contributed by atoms with Crippen LogP contribution in [-0.2, 0) is 4.74 Å². The van der Waals surface area contributed by atoms with Gasteiger partial charge in [-0.05, 0) is 56.3 Å². The SMILES string of the molecule is CCOC(=O)c1cnn(-c2ccc3ccccc3n2)c1NC(=O)c1ccc(OCC)cc1.